The number of halogens is 1. The third-order valence-corrected chi connectivity index (χ3v) is 3.97. The molecule has 1 unspecified atom stereocenters. The Morgan fingerprint density at radius 1 is 1.38 bits per heavy atom. The summed E-state index contributed by atoms with van der Waals surface area (Å²) >= 11 is 2.20. The maximum atomic E-state index is 11.8. The van der Waals surface area contributed by atoms with Gasteiger partial charge in [0.25, 0.3) is 0 Å². The Morgan fingerprint density at radius 2 is 2.00 bits per heavy atom. The van der Waals surface area contributed by atoms with Crippen molar-refractivity contribution in [3.05, 3.63) is 34.3 Å². The molecule has 4 heteroatoms. The number of rotatable bonds is 2. The van der Waals surface area contributed by atoms with Gasteiger partial charge in [0.1, 0.15) is 16.1 Å². The molecule has 0 heterocycles. The van der Waals surface area contributed by atoms with Gasteiger partial charge in [-0.2, -0.15) is 0 Å². The predicted octanol–water partition coefficient (Wildman–Crippen LogP) is 3.72. The monoisotopic (exact) mass is 301 g/mol. The molecule has 88 valence electrons. The third kappa shape index (κ3) is 3.92. The van der Waals surface area contributed by atoms with E-state index >= 15 is 0 Å². The molecule has 0 aliphatic carbocycles. The van der Waals surface area contributed by atoms with E-state index in [1.807, 2.05) is 52.0 Å². The molecule has 1 aromatic rings. The lowest BCUT2D eigenvalue weighted by Gasteiger charge is -2.18. The second-order valence-corrected chi connectivity index (χ2v) is 7.37. The summed E-state index contributed by atoms with van der Waals surface area (Å²) in [5.41, 5.74) is 1.79. The smallest absolute Gasteiger partial charge is 0.144 e. The number of hydrogen-bond acceptors (Lipinski definition) is 2. The van der Waals surface area contributed by atoms with Gasteiger partial charge in [0.05, 0.1) is 5.71 Å². The fourth-order valence-electron chi connectivity index (χ4n) is 1.03. The van der Waals surface area contributed by atoms with Crippen LogP contribution in [0.4, 0.5) is 0 Å². The lowest BCUT2D eigenvalue weighted by Crippen LogP contribution is -2.26. The molecule has 1 aromatic carbocycles. The Bertz CT molecular complexity index is 398. The summed E-state index contributed by atoms with van der Waals surface area (Å²) in [6, 6.07) is 7.83. The molecule has 0 bridgehead atoms. The highest BCUT2D eigenvalue weighted by Gasteiger charge is 2.26. The van der Waals surface area contributed by atoms with Gasteiger partial charge in [0.2, 0.25) is 0 Å². The Balaban J connectivity index is 2.94. The standard InChI is InChI=1S/C12H16BrNOS/c1-9(14-16(15)12(2,3)4)10-6-5-7-11(13)8-10/h5-8H,1-4H3. The molecule has 1 atom stereocenters. The van der Waals surface area contributed by atoms with Gasteiger partial charge in [-0.3, -0.25) is 0 Å². The van der Waals surface area contributed by atoms with Crippen LogP contribution in [0.3, 0.4) is 0 Å². The second kappa shape index (κ2) is 5.34. The molecule has 0 saturated carbocycles. The van der Waals surface area contributed by atoms with E-state index in [9.17, 15) is 4.55 Å². The van der Waals surface area contributed by atoms with E-state index in [1.54, 1.807) is 0 Å². The van der Waals surface area contributed by atoms with Crippen LogP contribution >= 0.6 is 15.9 Å². The average molecular weight is 302 g/mol. The van der Waals surface area contributed by atoms with Crippen LogP contribution in [-0.4, -0.2) is 15.0 Å². The first-order valence-electron chi connectivity index (χ1n) is 5.04. The Labute approximate surface area is 109 Å². The largest absolute Gasteiger partial charge is 0.591 e. The minimum absolute atomic E-state index is 0.312. The van der Waals surface area contributed by atoms with Crippen molar-refractivity contribution in [1.82, 2.24) is 0 Å². The van der Waals surface area contributed by atoms with Gasteiger partial charge < -0.3 is 4.55 Å². The first kappa shape index (κ1) is 13.7. The molecular weight excluding hydrogens is 286 g/mol. The molecule has 0 amide bonds. The molecule has 0 aliphatic heterocycles. The summed E-state index contributed by atoms with van der Waals surface area (Å²) in [6.07, 6.45) is 0. The van der Waals surface area contributed by atoms with Gasteiger partial charge in [0, 0.05) is 10.0 Å². The van der Waals surface area contributed by atoms with Crippen LogP contribution in [0.2, 0.25) is 0 Å². The lowest BCUT2D eigenvalue weighted by molar-refractivity contribution is 0.561. The molecule has 0 N–H and O–H groups in total. The van der Waals surface area contributed by atoms with Gasteiger partial charge >= 0.3 is 0 Å². The topological polar surface area (TPSA) is 35.4 Å². The summed E-state index contributed by atoms with van der Waals surface area (Å²) in [6.45, 7) is 7.63. The molecule has 16 heavy (non-hydrogen) atoms. The summed E-state index contributed by atoms with van der Waals surface area (Å²) in [5, 5.41) is 0. The zero-order chi connectivity index (χ0) is 12.3. The Morgan fingerprint density at radius 3 is 2.50 bits per heavy atom. The quantitative estimate of drug-likeness (QED) is 0.606. The highest BCUT2D eigenvalue weighted by atomic mass is 79.9. The van der Waals surface area contributed by atoms with E-state index in [2.05, 4.69) is 20.3 Å². The summed E-state index contributed by atoms with van der Waals surface area (Å²) in [7, 11) is 0. The van der Waals surface area contributed by atoms with Crippen molar-refractivity contribution in [1.29, 1.82) is 0 Å². The molecule has 0 aliphatic rings. The van der Waals surface area contributed by atoms with E-state index in [1.165, 1.54) is 0 Å². The van der Waals surface area contributed by atoms with Gasteiger partial charge in [-0.05, 0) is 39.8 Å². The Kier molecular flexibility index (Phi) is 4.59. The second-order valence-electron chi connectivity index (χ2n) is 4.55. The maximum absolute atomic E-state index is 11.8. The highest BCUT2D eigenvalue weighted by molar-refractivity contribution is 9.10. The van der Waals surface area contributed by atoms with Crippen molar-refractivity contribution in [2.24, 2.45) is 4.40 Å². The van der Waals surface area contributed by atoms with Crippen molar-refractivity contribution in [2.75, 3.05) is 0 Å². The highest BCUT2D eigenvalue weighted by Crippen LogP contribution is 2.19. The van der Waals surface area contributed by atoms with Crippen molar-refractivity contribution < 1.29 is 4.55 Å². The zero-order valence-corrected chi connectivity index (χ0v) is 12.4. The van der Waals surface area contributed by atoms with Crippen LogP contribution in [-0.2, 0) is 11.4 Å². The van der Waals surface area contributed by atoms with Crippen LogP contribution < -0.4 is 0 Å². The van der Waals surface area contributed by atoms with Crippen LogP contribution in [0.1, 0.15) is 33.3 Å². The first-order valence-corrected chi connectivity index (χ1v) is 6.94. The lowest BCUT2D eigenvalue weighted by atomic mass is 10.1. The van der Waals surface area contributed by atoms with Gasteiger partial charge in [-0.1, -0.05) is 32.5 Å². The predicted molar refractivity (Wildman–Crippen MR) is 74.2 cm³/mol. The minimum atomic E-state index is -1.20. The number of hydrogen-bond donors (Lipinski definition) is 0. The molecule has 0 radical (unpaired) electrons. The molecule has 0 aromatic heterocycles. The minimum Gasteiger partial charge on any atom is -0.591 e. The van der Waals surface area contributed by atoms with Crippen LogP contribution in [0.15, 0.2) is 33.1 Å². The van der Waals surface area contributed by atoms with Crippen molar-refractivity contribution in [3.8, 4) is 0 Å². The van der Waals surface area contributed by atoms with E-state index in [4.69, 9.17) is 0 Å². The molecular formula is C12H16BrNOS. The number of benzene rings is 1. The molecule has 0 saturated heterocycles. The van der Waals surface area contributed by atoms with Crippen LogP contribution in [0.25, 0.3) is 0 Å². The molecule has 0 spiro atoms. The van der Waals surface area contributed by atoms with Gasteiger partial charge in [-0.25, -0.2) is 0 Å². The summed E-state index contributed by atoms with van der Waals surface area (Å²) in [4.78, 5) is 0. The number of nitrogens with zero attached hydrogens (tertiary/aromatic N) is 1. The molecule has 0 fully saturated rings. The molecule has 2 nitrogen and oxygen atoms in total. The SMILES string of the molecule is CC(=N[S+]([O-])C(C)(C)C)c1cccc(Br)c1. The fourth-order valence-corrected chi connectivity index (χ4v) is 2.05. The van der Waals surface area contributed by atoms with E-state index in [0.29, 0.717) is 0 Å². The normalized spacial score (nSPS) is 15.0. The average Bonchev–Trinajstić information content (AvgIpc) is 2.16. The maximum Gasteiger partial charge on any atom is 0.144 e. The fraction of sp³-hybridized carbons (Fsp3) is 0.417. The van der Waals surface area contributed by atoms with E-state index in [0.717, 1.165) is 15.7 Å². The Hall–Kier alpha value is -0.320. The zero-order valence-electron chi connectivity index (χ0n) is 9.95. The van der Waals surface area contributed by atoms with Gasteiger partial charge in [-0.15, -0.1) is 0 Å². The van der Waals surface area contributed by atoms with E-state index in [-0.39, 0.29) is 4.75 Å². The van der Waals surface area contributed by atoms with Crippen LogP contribution in [0.5, 0.6) is 0 Å². The van der Waals surface area contributed by atoms with Gasteiger partial charge in [0.15, 0.2) is 0 Å². The van der Waals surface area contributed by atoms with Crippen molar-refractivity contribution in [2.45, 2.75) is 32.4 Å². The summed E-state index contributed by atoms with van der Waals surface area (Å²) in [5.74, 6) is 0. The summed E-state index contributed by atoms with van der Waals surface area (Å²) < 4.78 is 16.8. The first-order chi connectivity index (χ1) is 7.30. The van der Waals surface area contributed by atoms with Crippen molar-refractivity contribution >= 4 is 33.0 Å². The van der Waals surface area contributed by atoms with E-state index < -0.39 is 11.4 Å². The third-order valence-electron chi connectivity index (χ3n) is 1.99. The molecule has 1 rings (SSSR count). The van der Waals surface area contributed by atoms with Crippen molar-refractivity contribution in [3.63, 3.8) is 0 Å². The van der Waals surface area contributed by atoms with Crippen LogP contribution in [0, 0.1) is 0 Å².